The first kappa shape index (κ1) is 28.3. The second-order valence-corrected chi connectivity index (χ2v) is 10.5. The third-order valence-corrected chi connectivity index (χ3v) is 6.87. The van der Waals surface area contributed by atoms with Gasteiger partial charge >= 0.3 is 0 Å². The zero-order chi connectivity index (χ0) is 26.0. The molecule has 2 amide bonds. The maximum absolute atomic E-state index is 13.3. The van der Waals surface area contributed by atoms with Crippen LogP contribution in [0.5, 0.6) is 0 Å². The van der Waals surface area contributed by atoms with Crippen LogP contribution < -0.4 is 9.62 Å². The van der Waals surface area contributed by atoms with Crippen LogP contribution in [0.25, 0.3) is 0 Å². The zero-order valence-electron chi connectivity index (χ0n) is 21.0. The second-order valence-electron chi connectivity index (χ2n) is 8.64. The van der Waals surface area contributed by atoms with Gasteiger partial charge in [0.15, 0.2) is 0 Å². The smallest absolute Gasteiger partial charge is 0.242 e. The van der Waals surface area contributed by atoms with Gasteiger partial charge in [-0.2, -0.15) is 0 Å². The van der Waals surface area contributed by atoms with E-state index in [0.717, 1.165) is 28.1 Å². The third-order valence-electron chi connectivity index (χ3n) is 5.68. The molecule has 0 heterocycles. The summed E-state index contributed by atoms with van der Waals surface area (Å²) >= 11 is 0. The number of aryl methyl sites for hydroxylation is 1. The van der Waals surface area contributed by atoms with E-state index in [4.69, 9.17) is 0 Å². The fourth-order valence-electron chi connectivity index (χ4n) is 3.79. The Balaban J connectivity index is 2.18. The fourth-order valence-corrected chi connectivity index (χ4v) is 4.75. The number of hydrogen-bond acceptors (Lipinski definition) is 4. The van der Waals surface area contributed by atoms with Crippen molar-refractivity contribution in [3.63, 3.8) is 0 Å². The molecule has 0 radical (unpaired) electrons. The molecule has 0 saturated heterocycles. The van der Waals surface area contributed by atoms with Gasteiger partial charge in [0.05, 0.1) is 11.9 Å². The number of benzene rings is 2. The number of nitrogens with one attached hydrogen (secondary N) is 1. The molecule has 2 aromatic carbocycles. The van der Waals surface area contributed by atoms with E-state index in [-0.39, 0.29) is 37.7 Å². The molecular formula is C26H36FN3O4S. The highest BCUT2D eigenvalue weighted by atomic mass is 32.2. The Morgan fingerprint density at radius 3 is 2.20 bits per heavy atom. The number of anilines is 1. The molecule has 2 aromatic rings. The van der Waals surface area contributed by atoms with Crippen molar-refractivity contribution >= 4 is 27.5 Å². The maximum Gasteiger partial charge on any atom is 0.242 e. The summed E-state index contributed by atoms with van der Waals surface area (Å²) in [6.07, 6.45) is 2.64. The van der Waals surface area contributed by atoms with Crippen molar-refractivity contribution in [3.8, 4) is 0 Å². The average Bonchev–Trinajstić information content (AvgIpc) is 2.81. The summed E-state index contributed by atoms with van der Waals surface area (Å²) in [6, 6.07) is 12.4. The van der Waals surface area contributed by atoms with E-state index in [1.807, 2.05) is 45.0 Å². The van der Waals surface area contributed by atoms with Gasteiger partial charge in [0.2, 0.25) is 21.8 Å². The highest BCUT2D eigenvalue weighted by Gasteiger charge is 2.28. The Morgan fingerprint density at radius 2 is 1.66 bits per heavy atom. The van der Waals surface area contributed by atoms with Crippen LogP contribution in [-0.2, 0) is 26.2 Å². The van der Waals surface area contributed by atoms with Crippen LogP contribution in [0.15, 0.2) is 48.5 Å². The van der Waals surface area contributed by atoms with Crippen LogP contribution in [0.1, 0.15) is 50.7 Å². The van der Waals surface area contributed by atoms with Gasteiger partial charge in [-0.15, -0.1) is 0 Å². The normalized spacial score (nSPS) is 12.1. The van der Waals surface area contributed by atoms with Crippen molar-refractivity contribution in [2.24, 2.45) is 0 Å². The Kier molecular flexibility index (Phi) is 10.7. The number of nitrogens with zero attached hydrogens (tertiary/aromatic N) is 2. The van der Waals surface area contributed by atoms with E-state index in [2.05, 4.69) is 5.32 Å². The standard InChI is InChI=1S/C26H36FN3O4S/c1-5-17-28-26(32)24(6-2)29(19-21-11-9-20(3)10-12-21)25(31)8-7-18-30(35(4,33)34)23-15-13-22(27)14-16-23/h9-16,24H,5-8,17-19H2,1-4H3,(H,28,32)/t24-/m1/s1. The second kappa shape index (κ2) is 13.2. The number of carbonyl (C=O) groups excluding carboxylic acids is 2. The third kappa shape index (κ3) is 8.65. The zero-order valence-corrected chi connectivity index (χ0v) is 21.8. The number of carbonyl (C=O) groups is 2. The molecule has 0 aromatic heterocycles. The Hall–Kier alpha value is -2.94. The van der Waals surface area contributed by atoms with Crippen molar-refractivity contribution in [1.29, 1.82) is 0 Å². The number of sulfonamides is 1. The van der Waals surface area contributed by atoms with Crippen LogP contribution in [0, 0.1) is 12.7 Å². The van der Waals surface area contributed by atoms with E-state index >= 15 is 0 Å². The fraction of sp³-hybridized carbons (Fsp3) is 0.462. The molecule has 35 heavy (non-hydrogen) atoms. The number of amides is 2. The summed E-state index contributed by atoms with van der Waals surface area (Å²) in [5.74, 6) is -0.883. The van der Waals surface area contributed by atoms with Crippen molar-refractivity contribution in [2.45, 2.75) is 59.0 Å². The lowest BCUT2D eigenvalue weighted by Crippen LogP contribution is -2.49. The minimum Gasteiger partial charge on any atom is -0.354 e. The van der Waals surface area contributed by atoms with Gasteiger partial charge in [0, 0.05) is 26.1 Å². The number of hydrogen-bond donors (Lipinski definition) is 1. The monoisotopic (exact) mass is 505 g/mol. The van der Waals surface area contributed by atoms with Gasteiger partial charge in [0.1, 0.15) is 11.9 Å². The highest BCUT2D eigenvalue weighted by Crippen LogP contribution is 2.20. The number of halogens is 1. The summed E-state index contributed by atoms with van der Waals surface area (Å²) < 4.78 is 39.1. The molecule has 0 unspecified atom stereocenters. The Morgan fingerprint density at radius 1 is 1.03 bits per heavy atom. The van der Waals surface area contributed by atoms with Crippen molar-refractivity contribution in [2.75, 3.05) is 23.7 Å². The summed E-state index contributed by atoms with van der Waals surface area (Å²) in [5, 5.41) is 2.88. The molecule has 2 rings (SSSR count). The molecule has 0 aliphatic heterocycles. The lowest BCUT2D eigenvalue weighted by molar-refractivity contribution is -0.141. The molecule has 0 spiro atoms. The summed E-state index contributed by atoms with van der Waals surface area (Å²) in [6.45, 7) is 6.69. The SMILES string of the molecule is CCCNC(=O)[C@@H](CC)N(Cc1ccc(C)cc1)C(=O)CCCN(c1ccc(F)cc1)S(C)(=O)=O. The minimum absolute atomic E-state index is 0.0629. The highest BCUT2D eigenvalue weighted by molar-refractivity contribution is 7.92. The lowest BCUT2D eigenvalue weighted by Gasteiger charge is -2.31. The first-order valence-electron chi connectivity index (χ1n) is 11.9. The van der Waals surface area contributed by atoms with Crippen molar-refractivity contribution in [1.82, 2.24) is 10.2 Å². The molecule has 1 N–H and O–H groups in total. The van der Waals surface area contributed by atoms with E-state index < -0.39 is 21.9 Å². The average molecular weight is 506 g/mol. The lowest BCUT2D eigenvalue weighted by atomic mass is 10.1. The predicted octanol–water partition coefficient (Wildman–Crippen LogP) is 4.01. The first-order chi connectivity index (χ1) is 16.6. The maximum atomic E-state index is 13.3. The van der Waals surface area contributed by atoms with Gasteiger partial charge in [-0.3, -0.25) is 13.9 Å². The molecule has 0 saturated carbocycles. The molecule has 9 heteroatoms. The predicted molar refractivity (Wildman–Crippen MR) is 137 cm³/mol. The Bertz CT molecular complexity index is 1070. The Labute approximate surface area is 208 Å². The first-order valence-corrected chi connectivity index (χ1v) is 13.8. The van der Waals surface area contributed by atoms with Crippen molar-refractivity contribution < 1.29 is 22.4 Å². The van der Waals surface area contributed by atoms with Crippen LogP contribution in [0.3, 0.4) is 0 Å². The van der Waals surface area contributed by atoms with Crippen LogP contribution in [-0.4, -0.2) is 50.5 Å². The quantitative estimate of drug-likeness (QED) is 0.446. The van der Waals surface area contributed by atoms with Crippen LogP contribution in [0.2, 0.25) is 0 Å². The number of rotatable bonds is 13. The molecule has 192 valence electrons. The largest absolute Gasteiger partial charge is 0.354 e. The summed E-state index contributed by atoms with van der Waals surface area (Å²) in [5.41, 5.74) is 2.35. The minimum atomic E-state index is -3.62. The molecule has 0 aliphatic rings. The van der Waals surface area contributed by atoms with Gasteiger partial charge in [-0.05, 0) is 56.0 Å². The van der Waals surface area contributed by atoms with Crippen LogP contribution >= 0.6 is 0 Å². The molecular weight excluding hydrogens is 469 g/mol. The van der Waals surface area contributed by atoms with Gasteiger partial charge in [-0.25, -0.2) is 12.8 Å². The van der Waals surface area contributed by atoms with Gasteiger partial charge < -0.3 is 10.2 Å². The van der Waals surface area contributed by atoms with Crippen LogP contribution in [0.4, 0.5) is 10.1 Å². The molecule has 0 bridgehead atoms. The van der Waals surface area contributed by atoms with E-state index in [0.29, 0.717) is 18.7 Å². The summed E-state index contributed by atoms with van der Waals surface area (Å²) in [4.78, 5) is 27.7. The van der Waals surface area contributed by atoms with Gasteiger partial charge in [0.25, 0.3) is 0 Å². The van der Waals surface area contributed by atoms with E-state index in [1.165, 1.54) is 24.3 Å². The molecule has 0 fully saturated rings. The molecule has 7 nitrogen and oxygen atoms in total. The van der Waals surface area contributed by atoms with E-state index in [1.54, 1.807) is 4.90 Å². The molecule has 1 atom stereocenters. The van der Waals surface area contributed by atoms with Crippen molar-refractivity contribution in [3.05, 3.63) is 65.5 Å². The topological polar surface area (TPSA) is 86.8 Å². The molecule has 0 aliphatic carbocycles. The summed E-state index contributed by atoms with van der Waals surface area (Å²) in [7, 11) is -3.62. The van der Waals surface area contributed by atoms with Gasteiger partial charge in [-0.1, -0.05) is 43.7 Å². The van der Waals surface area contributed by atoms with E-state index in [9.17, 15) is 22.4 Å².